The molecule has 0 aromatic heterocycles. The Morgan fingerprint density at radius 3 is 1.60 bits per heavy atom. The van der Waals surface area contributed by atoms with Crippen LogP contribution in [0.5, 0.6) is 5.75 Å². The monoisotopic (exact) mass is 802 g/mol. The van der Waals surface area contributed by atoms with Gasteiger partial charge in [0.25, 0.3) is 0 Å². The lowest BCUT2D eigenvalue weighted by molar-refractivity contribution is -0.341. The first-order valence-electron chi connectivity index (χ1n) is 16.6. The van der Waals surface area contributed by atoms with Gasteiger partial charge in [0.1, 0.15) is 37.0 Å². The molecule has 2 fully saturated rings. The van der Waals surface area contributed by atoms with Crippen LogP contribution in [0, 0.1) is 5.82 Å². The van der Waals surface area contributed by atoms with Crippen LogP contribution in [0.25, 0.3) is 6.08 Å². The molecule has 2 saturated heterocycles. The van der Waals surface area contributed by atoms with E-state index < -0.39 is 121 Å². The summed E-state index contributed by atoms with van der Waals surface area (Å²) in [6.45, 7) is 6.34. The van der Waals surface area contributed by atoms with Crippen LogP contribution in [0.2, 0.25) is 0 Å². The van der Waals surface area contributed by atoms with E-state index in [4.69, 9.17) is 52.1 Å². The Balaban J connectivity index is 2.13. The highest BCUT2D eigenvalue weighted by Gasteiger charge is 2.57. The first-order chi connectivity index (χ1) is 25.9. The highest BCUT2D eigenvalue weighted by atomic mass is 32.2. The molecule has 0 N–H and O–H groups in total. The lowest BCUT2D eigenvalue weighted by Gasteiger charge is -2.48. The van der Waals surface area contributed by atoms with Crippen LogP contribution in [0.3, 0.4) is 0 Å². The molecule has 0 aliphatic carbocycles. The van der Waals surface area contributed by atoms with Gasteiger partial charge >= 0.3 is 41.8 Å². The number of thioether (sulfide) groups is 1. The van der Waals surface area contributed by atoms with Crippen molar-refractivity contribution in [1.29, 1.82) is 0 Å². The van der Waals surface area contributed by atoms with Crippen molar-refractivity contribution in [2.45, 2.75) is 109 Å². The third-order valence-electron chi connectivity index (χ3n) is 7.53. The van der Waals surface area contributed by atoms with E-state index in [1.807, 2.05) is 0 Å². The molecule has 3 rings (SSSR count). The van der Waals surface area contributed by atoms with E-state index in [2.05, 4.69) is 0 Å². The van der Waals surface area contributed by atoms with Crippen LogP contribution in [0.4, 0.5) is 4.39 Å². The van der Waals surface area contributed by atoms with E-state index in [9.17, 15) is 38.0 Å². The summed E-state index contributed by atoms with van der Waals surface area (Å²) in [6, 6.07) is 4.20. The maximum absolute atomic E-state index is 14.4. The van der Waals surface area contributed by atoms with E-state index in [1.54, 1.807) is 6.07 Å². The number of benzene rings is 1. The maximum atomic E-state index is 14.4. The van der Waals surface area contributed by atoms with Crippen molar-refractivity contribution >= 4 is 59.6 Å². The molecule has 0 amide bonds. The maximum Gasteiger partial charge on any atom is 0.303 e. The topological polar surface area (TPSA) is 221 Å². The number of esters is 7. The van der Waals surface area contributed by atoms with Crippen LogP contribution in [0.1, 0.15) is 54.0 Å². The zero-order chi connectivity index (χ0) is 41.0. The van der Waals surface area contributed by atoms with Crippen molar-refractivity contribution in [3.63, 3.8) is 0 Å². The van der Waals surface area contributed by atoms with Crippen molar-refractivity contribution in [3.8, 4) is 5.75 Å². The number of hydrogen-bond acceptors (Lipinski definition) is 19. The van der Waals surface area contributed by atoms with Gasteiger partial charge in [0.05, 0.1) is 7.11 Å². The Labute approximate surface area is 319 Å². The Hall–Kier alpha value is -4.79. The van der Waals surface area contributed by atoms with Crippen LogP contribution in [-0.4, -0.2) is 123 Å². The van der Waals surface area contributed by atoms with Gasteiger partial charge in [0, 0.05) is 48.5 Å². The summed E-state index contributed by atoms with van der Waals surface area (Å²) in [7, 11) is 1.32. The zero-order valence-corrected chi connectivity index (χ0v) is 32.0. The van der Waals surface area contributed by atoms with Gasteiger partial charge in [-0.2, -0.15) is 0 Å². The number of carbonyl (C=O) groups is 7. The smallest absolute Gasteiger partial charge is 0.303 e. The van der Waals surface area contributed by atoms with Crippen molar-refractivity contribution in [3.05, 3.63) is 35.0 Å². The number of rotatable bonds is 15. The fourth-order valence-electron chi connectivity index (χ4n) is 5.56. The molecular weight excluding hydrogens is 759 g/mol. The Morgan fingerprint density at radius 1 is 0.636 bits per heavy atom. The molecule has 2 aliphatic heterocycles. The van der Waals surface area contributed by atoms with Gasteiger partial charge < -0.3 is 52.1 Å². The molecule has 0 saturated carbocycles. The Bertz CT molecular complexity index is 1600. The van der Waals surface area contributed by atoms with E-state index in [-0.39, 0.29) is 5.75 Å². The summed E-state index contributed by atoms with van der Waals surface area (Å²) in [5.41, 5.74) is -0.771. The summed E-state index contributed by atoms with van der Waals surface area (Å²) < 4.78 is 76.0. The average Bonchev–Trinajstić information content (AvgIpc) is 3.07. The van der Waals surface area contributed by atoms with Gasteiger partial charge in [-0.15, -0.1) is 0 Å². The SMILES string of the molecule is COc1ccc(/C=C\S[C@@H]2O[C@H](COC(C)=O)[C@@H](O[C@@H]3O[C@H](COC(C)=O)[C@@H](OC(C)=O)[C@H](OC(C)=O)[C@H]3OC(C)=O)[C@H](OC(C)=O)[C@H]2OC(C)=O)cc1F. The number of methoxy groups -OCH3 is 1. The standard InChI is InChI=1S/C35H43FO18S/c1-16(37)45-14-26-28(47-18(3)39)30(48-19(4)40)32(50-21(6)42)34(52-26)54-29-27(15-46-17(2)38)53-35(33(51-22(7)43)31(29)49-20(5)41)55-12-11-23-9-10-25(44-8)24(36)13-23/h9-13,26-35H,14-15H2,1-8H3/b12-11-/t26-,27-,28-,29-,30+,31+,32-,33-,34+,35+/m1/s1. The second-order valence-corrected chi connectivity index (χ2v) is 13.0. The molecule has 1 aromatic rings. The number of ether oxygens (including phenoxy) is 11. The average molecular weight is 803 g/mol. The van der Waals surface area contributed by atoms with Crippen molar-refractivity contribution in [2.24, 2.45) is 0 Å². The van der Waals surface area contributed by atoms with Gasteiger partial charge in [-0.05, 0) is 29.2 Å². The zero-order valence-electron chi connectivity index (χ0n) is 31.2. The minimum atomic E-state index is -1.81. The third-order valence-corrected chi connectivity index (χ3v) is 8.48. The first kappa shape index (κ1) is 44.6. The number of hydrogen-bond donors (Lipinski definition) is 0. The predicted molar refractivity (Wildman–Crippen MR) is 183 cm³/mol. The molecule has 18 nitrogen and oxygen atoms in total. The highest BCUT2D eigenvalue weighted by Crippen LogP contribution is 2.38. The van der Waals surface area contributed by atoms with E-state index in [0.29, 0.717) is 5.56 Å². The molecule has 10 atom stereocenters. The Morgan fingerprint density at radius 2 is 1.11 bits per heavy atom. The van der Waals surface area contributed by atoms with Gasteiger partial charge in [0.15, 0.2) is 48.4 Å². The summed E-state index contributed by atoms with van der Waals surface area (Å²) >= 11 is 0.931. The van der Waals surface area contributed by atoms with Gasteiger partial charge in [-0.1, -0.05) is 17.8 Å². The van der Waals surface area contributed by atoms with E-state index >= 15 is 0 Å². The van der Waals surface area contributed by atoms with Gasteiger partial charge in [-0.25, -0.2) is 4.39 Å². The van der Waals surface area contributed by atoms with Crippen molar-refractivity contribution in [1.82, 2.24) is 0 Å². The lowest BCUT2D eigenvalue weighted by Crippen LogP contribution is -2.66. The molecule has 0 spiro atoms. The first-order valence-corrected chi connectivity index (χ1v) is 17.6. The molecule has 20 heteroatoms. The van der Waals surface area contributed by atoms with Gasteiger partial charge in [0.2, 0.25) is 0 Å². The van der Waals surface area contributed by atoms with Crippen molar-refractivity contribution < 1.29 is 90.1 Å². The van der Waals surface area contributed by atoms with E-state index in [1.165, 1.54) is 30.7 Å². The largest absolute Gasteiger partial charge is 0.494 e. The van der Waals surface area contributed by atoms with Crippen LogP contribution < -0.4 is 4.74 Å². The summed E-state index contributed by atoms with van der Waals surface area (Å²) in [4.78, 5) is 85.8. The molecule has 304 valence electrons. The summed E-state index contributed by atoms with van der Waals surface area (Å²) in [5, 5.41) is 1.50. The molecule has 2 heterocycles. The summed E-state index contributed by atoms with van der Waals surface area (Å²) in [6.07, 6.45) is -12.5. The minimum absolute atomic E-state index is 0.0237. The third kappa shape index (κ3) is 13.5. The molecule has 55 heavy (non-hydrogen) atoms. The quantitative estimate of drug-likeness (QED) is 0.183. The summed E-state index contributed by atoms with van der Waals surface area (Å²) in [5.74, 6) is -6.51. The van der Waals surface area contributed by atoms with Crippen molar-refractivity contribution in [2.75, 3.05) is 20.3 Å². The van der Waals surface area contributed by atoms with Crippen LogP contribution >= 0.6 is 11.8 Å². The van der Waals surface area contributed by atoms with Crippen LogP contribution in [-0.2, 0) is 80.9 Å². The lowest BCUT2D eigenvalue weighted by atomic mass is 9.96. The van der Waals surface area contributed by atoms with Gasteiger partial charge in [-0.3, -0.25) is 33.6 Å². The molecular formula is C35H43FO18S. The van der Waals surface area contributed by atoms with E-state index in [0.717, 1.165) is 60.2 Å². The number of carbonyl (C=O) groups excluding carboxylic acids is 7. The molecule has 1 aromatic carbocycles. The molecule has 0 bridgehead atoms. The fraction of sp³-hybridized carbons (Fsp3) is 0.571. The fourth-order valence-corrected chi connectivity index (χ4v) is 6.53. The second kappa shape index (κ2) is 20.8. The molecule has 0 radical (unpaired) electrons. The molecule has 0 unspecified atom stereocenters. The van der Waals surface area contributed by atoms with Crippen LogP contribution in [0.15, 0.2) is 23.6 Å². The minimum Gasteiger partial charge on any atom is -0.494 e. The molecule has 2 aliphatic rings. The Kier molecular flexibility index (Phi) is 16.8. The normalized spacial score (nSPS) is 27.6. The highest BCUT2D eigenvalue weighted by molar-refractivity contribution is 8.02. The number of halogens is 1. The second-order valence-electron chi connectivity index (χ2n) is 12.0. The predicted octanol–water partition coefficient (Wildman–Crippen LogP) is 2.16.